The molecule has 3 aromatic rings. The van der Waals surface area contributed by atoms with Crippen LogP contribution in [0.15, 0.2) is 53.5 Å². The van der Waals surface area contributed by atoms with Crippen LogP contribution in [0, 0.1) is 0 Å². The first-order valence-corrected chi connectivity index (χ1v) is 10.8. The summed E-state index contributed by atoms with van der Waals surface area (Å²) in [7, 11) is 0. The molecule has 0 bridgehead atoms. The highest BCUT2D eigenvalue weighted by Crippen LogP contribution is 2.40. The normalized spacial score (nSPS) is 18.2. The number of carbonyl (C=O) groups is 2. The van der Waals surface area contributed by atoms with E-state index in [-0.39, 0.29) is 25.1 Å². The zero-order valence-corrected chi connectivity index (χ0v) is 18.4. The number of pyridine rings is 2. The van der Waals surface area contributed by atoms with Crippen molar-refractivity contribution in [2.45, 2.75) is 39.0 Å². The molecule has 1 atom stereocenters. The van der Waals surface area contributed by atoms with Gasteiger partial charge in [-0.25, -0.2) is 9.78 Å². The number of nitrogens with one attached hydrogen (secondary N) is 1. The smallest absolute Gasteiger partial charge is 0.355 e. The van der Waals surface area contributed by atoms with Crippen molar-refractivity contribution >= 4 is 22.8 Å². The first kappa shape index (κ1) is 20.9. The Kier molecular flexibility index (Phi) is 4.81. The molecule has 0 amide bonds. The Morgan fingerprint density at radius 1 is 1.30 bits per heavy atom. The lowest BCUT2D eigenvalue weighted by molar-refractivity contribution is -0.188. The molecule has 5 rings (SSSR count). The lowest BCUT2D eigenvalue weighted by Crippen LogP contribution is -2.48. The van der Waals surface area contributed by atoms with Gasteiger partial charge in [-0.2, -0.15) is 0 Å². The predicted molar refractivity (Wildman–Crippen MR) is 121 cm³/mol. The van der Waals surface area contributed by atoms with Crippen molar-refractivity contribution in [3.05, 3.63) is 75.7 Å². The molecular weight excluding hydrogens is 422 g/mol. The zero-order chi connectivity index (χ0) is 23.3. The van der Waals surface area contributed by atoms with E-state index >= 15 is 0 Å². The van der Waals surface area contributed by atoms with E-state index in [0.29, 0.717) is 34.8 Å². The number of hydrogen-bond donors (Lipinski definition) is 1. The SMILES string of the molecule is C=C(C)NCC(=O)O[C@]1(CC)C(=O)OCc2c1cc1n(c2=O)Cc2cc3ccccc3nc2-1. The predicted octanol–water partition coefficient (Wildman–Crippen LogP) is 2.75. The number of fused-ring (bicyclic) bond motifs is 5. The Hall–Kier alpha value is -3.94. The van der Waals surface area contributed by atoms with Gasteiger partial charge in [-0.3, -0.25) is 9.59 Å². The van der Waals surface area contributed by atoms with Gasteiger partial charge in [-0.1, -0.05) is 31.7 Å². The van der Waals surface area contributed by atoms with Crippen molar-refractivity contribution in [1.29, 1.82) is 0 Å². The van der Waals surface area contributed by atoms with Crippen molar-refractivity contribution in [2.24, 2.45) is 0 Å². The van der Waals surface area contributed by atoms with Gasteiger partial charge in [0.05, 0.1) is 29.0 Å². The van der Waals surface area contributed by atoms with E-state index < -0.39 is 17.5 Å². The van der Waals surface area contributed by atoms with Gasteiger partial charge in [0.2, 0.25) is 5.60 Å². The van der Waals surface area contributed by atoms with Crippen LogP contribution in [-0.4, -0.2) is 28.0 Å². The van der Waals surface area contributed by atoms with E-state index in [4.69, 9.17) is 14.5 Å². The number of aromatic nitrogens is 2. The van der Waals surface area contributed by atoms with Crippen LogP contribution in [0.2, 0.25) is 0 Å². The molecule has 2 aliphatic rings. The average molecular weight is 445 g/mol. The number of esters is 2. The first-order valence-electron chi connectivity index (χ1n) is 10.8. The quantitative estimate of drug-likeness (QED) is 0.472. The number of rotatable bonds is 5. The maximum Gasteiger partial charge on any atom is 0.355 e. The minimum absolute atomic E-state index is 0.124. The third kappa shape index (κ3) is 3.21. The fraction of sp³-hybridized carbons (Fsp3) is 0.280. The van der Waals surface area contributed by atoms with E-state index in [0.717, 1.165) is 16.5 Å². The number of allylic oxidation sites excluding steroid dienone is 1. The maximum absolute atomic E-state index is 13.5. The summed E-state index contributed by atoms with van der Waals surface area (Å²) >= 11 is 0. The van der Waals surface area contributed by atoms with E-state index in [9.17, 15) is 14.4 Å². The molecule has 0 spiro atoms. The summed E-state index contributed by atoms with van der Waals surface area (Å²) in [5.41, 5.74) is 2.33. The fourth-order valence-corrected chi connectivity index (χ4v) is 4.54. The third-order valence-electron chi connectivity index (χ3n) is 6.21. The highest BCUT2D eigenvalue weighted by Gasteiger charge is 2.50. The molecule has 168 valence electrons. The van der Waals surface area contributed by atoms with E-state index in [2.05, 4.69) is 11.9 Å². The minimum Gasteiger partial charge on any atom is -0.457 e. The molecule has 0 unspecified atom stereocenters. The average Bonchev–Trinajstić information content (AvgIpc) is 3.16. The van der Waals surface area contributed by atoms with Gasteiger partial charge in [0.1, 0.15) is 13.2 Å². The maximum atomic E-state index is 13.5. The molecule has 4 heterocycles. The lowest BCUT2D eigenvalue weighted by atomic mass is 9.85. The summed E-state index contributed by atoms with van der Waals surface area (Å²) < 4.78 is 12.7. The van der Waals surface area contributed by atoms with Gasteiger partial charge in [0.15, 0.2) is 0 Å². The second-order valence-electron chi connectivity index (χ2n) is 8.37. The molecule has 8 heteroatoms. The van der Waals surface area contributed by atoms with Gasteiger partial charge < -0.3 is 19.4 Å². The molecule has 1 N–H and O–H groups in total. The molecule has 0 radical (unpaired) electrons. The van der Waals surface area contributed by atoms with Crippen LogP contribution in [0.25, 0.3) is 22.3 Å². The fourth-order valence-electron chi connectivity index (χ4n) is 4.54. The minimum atomic E-state index is -1.70. The van der Waals surface area contributed by atoms with Crippen LogP contribution in [-0.2, 0) is 37.8 Å². The monoisotopic (exact) mass is 445 g/mol. The van der Waals surface area contributed by atoms with E-state index in [1.165, 1.54) is 0 Å². The molecule has 0 saturated heterocycles. The van der Waals surface area contributed by atoms with E-state index in [1.54, 1.807) is 24.5 Å². The van der Waals surface area contributed by atoms with Gasteiger partial charge >= 0.3 is 11.9 Å². The summed E-state index contributed by atoms with van der Waals surface area (Å²) in [5, 5.41) is 3.79. The Labute approximate surface area is 189 Å². The summed E-state index contributed by atoms with van der Waals surface area (Å²) in [4.78, 5) is 43.8. The Morgan fingerprint density at radius 3 is 2.85 bits per heavy atom. The van der Waals surface area contributed by atoms with Crippen molar-refractivity contribution in [3.63, 3.8) is 0 Å². The molecule has 33 heavy (non-hydrogen) atoms. The molecule has 0 saturated carbocycles. The van der Waals surface area contributed by atoms with Crippen LogP contribution in [0.1, 0.15) is 37.0 Å². The van der Waals surface area contributed by atoms with Crippen molar-refractivity contribution in [3.8, 4) is 11.4 Å². The van der Waals surface area contributed by atoms with E-state index in [1.807, 2.05) is 30.3 Å². The highest BCUT2D eigenvalue weighted by molar-refractivity contribution is 5.88. The van der Waals surface area contributed by atoms with Crippen LogP contribution in [0.3, 0.4) is 0 Å². The Bertz CT molecular complexity index is 1410. The van der Waals surface area contributed by atoms with Gasteiger partial charge in [-0.15, -0.1) is 0 Å². The number of para-hydroxylation sites is 1. The van der Waals surface area contributed by atoms with Crippen molar-refractivity contribution in [2.75, 3.05) is 6.54 Å². The second kappa shape index (κ2) is 7.58. The van der Waals surface area contributed by atoms with Crippen molar-refractivity contribution < 1.29 is 19.1 Å². The highest BCUT2D eigenvalue weighted by atomic mass is 16.6. The summed E-state index contributed by atoms with van der Waals surface area (Å²) in [5.74, 6) is -1.33. The van der Waals surface area contributed by atoms with Gasteiger partial charge in [0.25, 0.3) is 5.56 Å². The third-order valence-corrected chi connectivity index (χ3v) is 6.21. The summed E-state index contributed by atoms with van der Waals surface area (Å²) in [6.45, 7) is 7.19. The van der Waals surface area contributed by atoms with Crippen LogP contribution in [0.5, 0.6) is 0 Å². The number of cyclic esters (lactones) is 1. The summed E-state index contributed by atoms with van der Waals surface area (Å²) in [6.07, 6.45) is 0.124. The number of nitrogens with zero attached hydrogens (tertiary/aromatic N) is 2. The van der Waals surface area contributed by atoms with Gasteiger partial charge in [-0.05, 0) is 31.5 Å². The Balaban J connectivity index is 1.66. The number of ether oxygens (including phenoxy) is 2. The Morgan fingerprint density at radius 2 is 2.09 bits per heavy atom. The molecule has 0 fully saturated rings. The second-order valence-corrected chi connectivity index (χ2v) is 8.37. The summed E-state index contributed by atoms with van der Waals surface area (Å²) in [6, 6.07) is 11.5. The standard InChI is InChI=1S/C25H23N3O5/c1-4-25(33-21(29)11-26-14(2)3)18-10-20-22-16(9-15-7-5-6-8-19(15)27-22)12-28(20)23(30)17(18)13-32-24(25)31/h5-10,26H,2,4,11-13H2,1,3H3/t25-/m0/s1. The van der Waals surface area contributed by atoms with Crippen LogP contribution in [0.4, 0.5) is 0 Å². The molecule has 8 nitrogen and oxygen atoms in total. The topological polar surface area (TPSA) is 99.5 Å². The lowest BCUT2D eigenvalue weighted by Gasteiger charge is -2.35. The molecule has 0 aliphatic carbocycles. The number of carbonyl (C=O) groups excluding carboxylic acids is 2. The molecule has 1 aromatic carbocycles. The van der Waals surface area contributed by atoms with Gasteiger partial charge in [0, 0.05) is 22.2 Å². The molecular formula is C25H23N3O5. The van der Waals surface area contributed by atoms with Crippen molar-refractivity contribution in [1.82, 2.24) is 14.9 Å². The number of hydrogen-bond acceptors (Lipinski definition) is 7. The van der Waals surface area contributed by atoms with Crippen LogP contribution < -0.4 is 10.9 Å². The zero-order valence-electron chi connectivity index (χ0n) is 18.4. The number of benzene rings is 1. The molecule has 2 aromatic heterocycles. The molecule has 2 aliphatic heterocycles. The first-order chi connectivity index (χ1) is 15.8. The van der Waals surface area contributed by atoms with Crippen LogP contribution >= 0.6 is 0 Å². The largest absolute Gasteiger partial charge is 0.457 e.